The van der Waals surface area contributed by atoms with E-state index in [0.717, 1.165) is 78.2 Å². The highest BCUT2D eigenvalue weighted by atomic mass is 35.5. The Bertz CT molecular complexity index is 1090. The van der Waals surface area contributed by atoms with Crippen LogP contribution < -0.4 is 16.0 Å². The summed E-state index contributed by atoms with van der Waals surface area (Å²) < 4.78 is 0. The van der Waals surface area contributed by atoms with E-state index in [1.54, 1.807) is 0 Å². The van der Waals surface area contributed by atoms with Crippen LogP contribution in [0.1, 0.15) is 61.3 Å². The number of amides is 1. The number of hydrogen-bond donors (Lipinski definition) is 3. The number of rotatable bonds is 9. The molecular formula is C29H37Cl2N3O. The second kappa shape index (κ2) is 11.4. The molecule has 2 aromatic carbocycles. The Morgan fingerprint density at radius 3 is 2.51 bits per heavy atom. The molecule has 0 unspecified atom stereocenters. The molecule has 4 rings (SSSR count). The molecule has 0 bridgehead atoms. The Labute approximate surface area is 219 Å². The summed E-state index contributed by atoms with van der Waals surface area (Å²) in [5, 5.41) is 12.1. The second-order valence-electron chi connectivity index (χ2n) is 10.1. The lowest BCUT2D eigenvalue weighted by Gasteiger charge is -2.31. The smallest absolute Gasteiger partial charge is 0.231 e. The van der Waals surface area contributed by atoms with Crippen LogP contribution in [0.4, 0.5) is 0 Å². The van der Waals surface area contributed by atoms with Crippen LogP contribution in [0.15, 0.2) is 48.2 Å². The van der Waals surface area contributed by atoms with Gasteiger partial charge in [-0.25, -0.2) is 0 Å². The molecule has 1 amide bonds. The van der Waals surface area contributed by atoms with Crippen LogP contribution in [-0.2, 0) is 16.6 Å². The Morgan fingerprint density at radius 1 is 1.14 bits per heavy atom. The summed E-state index contributed by atoms with van der Waals surface area (Å²) in [7, 11) is 0. The highest BCUT2D eigenvalue weighted by molar-refractivity contribution is 6.31. The van der Waals surface area contributed by atoms with Gasteiger partial charge in [0.1, 0.15) is 0 Å². The molecule has 0 aromatic heterocycles. The molecule has 3 N–H and O–H groups in total. The van der Waals surface area contributed by atoms with Crippen LogP contribution in [0, 0.1) is 13.8 Å². The second-order valence-corrected chi connectivity index (χ2v) is 10.9. The van der Waals surface area contributed by atoms with Gasteiger partial charge in [0.05, 0.1) is 11.5 Å². The summed E-state index contributed by atoms with van der Waals surface area (Å²) in [6.45, 7) is 8.25. The summed E-state index contributed by atoms with van der Waals surface area (Å²) in [5.74, 6) is 0.0882. The molecule has 2 aliphatic rings. The van der Waals surface area contributed by atoms with E-state index in [1.807, 2.05) is 38.1 Å². The number of halogens is 2. The van der Waals surface area contributed by atoms with E-state index in [-0.39, 0.29) is 11.9 Å². The summed E-state index contributed by atoms with van der Waals surface area (Å²) >= 11 is 12.8. The molecule has 1 aliphatic heterocycles. The molecule has 2 aromatic rings. The molecule has 188 valence electrons. The average molecular weight is 515 g/mol. The fraction of sp³-hybridized carbons (Fsp3) is 0.483. The maximum atomic E-state index is 13.9. The van der Waals surface area contributed by atoms with Crippen LogP contribution >= 0.6 is 23.2 Å². The van der Waals surface area contributed by atoms with Crippen LogP contribution in [0.25, 0.3) is 0 Å². The van der Waals surface area contributed by atoms with E-state index < -0.39 is 5.41 Å². The number of benzene rings is 2. The highest BCUT2D eigenvalue weighted by Gasteiger charge is 2.52. The van der Waals surface area contributed by atoms with E-state index in [9.17, 15) is 4.79 Å². The number of nitrogens with one attached hydrogen (secondary N) is 3. The number of allylic oxidation sites excluding steroid dienone is 1. The Balaban J connectivity index is 1.62. The number of carbonyl (C=O) groups is 1. The van der Waals surface area contributed by atoms with Crippen molar-refractivity contribution >= 4 is 29.1 Å². The van der Waals surface area contributed by atoms with E-state index >= 15 is 0 Å². The zero-order valence-corrected chi connectivity index (χ0v) is 22.5. The fourth-order valence-corrected chi connectivity index (χ4v) is 5.74. The molecule has 4 nitrogen and oxygen atoms in total. The van der Waals surface area contributed by atoms with Crippen LogP contribution in [0.2, 0.25) is 10.0 Å². The number of aryl methyl sites for hydroxylation is 2. The largest absolute Gasteiger partial charge is 0.384 e. The average Bonchev–Trinajstić information content (AvgIpc) is 3.62. The Morgan fingerprint density at radius 2 is 1.89 bits per heavy atom. The van der Waals surface area contributed by atoms with Gasteiger partial charge in [-0.3, -0.25) is 4.79 Å². The van der Waals surface area contributed by atoms with Gasteiger partial charge in [0, 0.05) is 21.8 Å². The first-order chi connectivity index (χ1) is 16.8. The normalized spacial score (nSPS) is 18.7. The molecule has 1 aliphatic carbocycles. The first-order valence-corrected chi connectivity index (χ1v) is 13.6. The van der Waals surface area contributed by atoms with Gasteiger partial charge in [0.25, 0.3) is 0 Å². The topological polar surface area (TPSA) is 53.2 Å². The first-order valence-electron chi connectivity index (χ1n) is 12.8. The van der Waals surface area contributed by atoms with E-state index in [1.165, 1.54) is 0 Å². The molecule has 35 heavy (non-hydrogen) atoms. The monoisotopic (exact) mass is 513 g/mol. The van der Waals surface area contributed by atoms with Gasteiger partial charge in [-0.1, -0.05) is 54.4 Å². The number of carbonyl (C=O) groups excluding carboxylic acids is 1. The maximum Gasteiger partial charge on any atom is 0.231 e. The van der Waals surface area contributed by atoms with Gasteiger partial charge in [0.2, 0.25) is 5.91 Å². The minimum atomic E-state index is -0.476. The molecule has 1 heterocycles. The molecule has 1 saturated heterocycles. The van der Waals surface area contributed by atoms with Crippen molar-refractivity contribution in [2.75, 3.05) is 13.1 Å². The van der Waals surface area contributed by atoms with Gasteiger partial charge >= 0.3 is 0 Å². The van der Waals surface area contributed by atoms with Gasteiger partial charge < -0.3 is 16.0 Å². The number of hydrogen-bond acceptors (Lipinski definition) is 3. The third kappa shape index (κ3) is 6.22. The predicted octanol–water partition coefficient (Wildman–Crippen LogP) is 6.00. The minimum absolute atomic E-state index is 0.0882. The summed E-state index contributed by atoms with van der Waals surface area (Å²) in [4.78, 5) is 13.9. The molecule has 0 spiro atoms. The van der Waals surface area contributed by atoms with Crippen molar-refractivity contribution < 1.29 is 4.79 Å². The van der Waals surface area contributed by atoms with E-state index in [2.05, 4.69) is 41.1 Å². The van der Waals surface area contributed by atoms with Crippen LogP contribution in [-0.4, -0.2) is 31.1 Å². The zero-order valence-electron chi connectivity index (χ0n) is 21.0. The maximum absolute atomic E-state index is 13.9. The van der Waals surface area contributed by atoms with Gasteiger partial charge in [-0.05, 0) is 106 Å². The molecule has 1 saturated carbocycles. The van der Waals surface area contributed by atoms with Gasteiger partial charge in [0.15, 0.2) is 0 Å². The van der Waals surface area contributed by atoms with Gasteiger partial charge in [-0.2, -0.15) is 0 Å². The Hall–Kier alpha value is -2.01. The van der Waals surface area contributed by atoms with E-state index in [4.69, 9.17) is 23.2 Å². The SMILES string of the molecule is CC/C=C(\NC1CCNCC1)[C@H](Cc1ccc(C)cc1Cl)NC(=O)C1(c2ccc(Cl)cc2C)CC1. The molecule has 1 atom stereocenters. The highest BCUT2D eigenvalue weighted by Crippen LogP contribution is 2.50. The molecule has 0 radical (unpaired) electrons. The number of piperidine rings is 1. The van der Waals surface area contributed by atoms with Crippen molar-refractivity contribution in [1.82, 2.24) is 16.0 Å². The lowest BCUT2D eigenvalue weighted by atomic mass is 9.90. The summed E-state index contributed by atoms with van der Waals surface area (Å²) in [6, 6.07) is 12.3. The predicted molar refractivity (Wildman–Crippen MR) is 146 cm³/mol. The lowest BCUT2D eigenvalue weighted by molar-refractivity contribution is -0.124. The third-order valence-corrected chi connectivity index (χ3v) is 7.92. The van der Waals surface area contributed by atoms with Crippen LogP contribution in [0.5, 0.6) is 0 Å². The van der Waals surface area contributed by atoms with Crippen molar-refractivity contribution in [2.24, 2.45) is 0 Å². The standard InChI is InChI=1S/C29H37Cl2N3O/c1-4-5-26(33-23-10-14-32-15-11-23)27(18-21-7-6-19(2)16-25(21)31)34-28(35)29(12-13-29)24-9-8-22(30)17-20(24)3/h5-9,16-17,23,27,32-33H,4,10-15,18H2,1-3H3,(H,34,35)/b26-5-/t27-/m0/s1. The van der Waals surface area contributed by atoms with Crippen molar-refractivity contribution in [3.63, 3.8) is 0 Å². The summed E-state index contributed by atoms with van der Waals surface area (Å²) in [5.41, 5.74) is 4.94. The molecular weight excluding hydrogens is 477 g/mol. The fourth-order valence-electron chi connectivity index (χ4n) is 5.20. The summed E-state index contributed by atoms with van der Waals surface area (Å²) in [6.07, 6.45) is 7.61. The van der Waals surface area contributed by atoms with Crippen LogP contribution in [0.3, 0.4) is 0 Å². The lowest BCUT2D eigenvalue weighted by Crippen LogP contribution is -2.49. The van der Waals surface area contributed by atoms with Crippen molar-refractivity contribution in [3.05, 3.63) is 80.5 Å². The van der Waals surface area contributed by atoms with Crippen molar-refractivity contribution in [3.8, 4) is 0 Å². The zero-order chi connectivity index (χ0) is 25.0. The van der Waals surface area contributed by atoms with E-state index in [0.29, 0.717) is 17.5 Å². The first kappa shape index (κ1) is 26.1. The quantitative estimate of drug-likeness (QED) is 0.385. The minimum Gasteiger partial charge on any atom is -0.384 e. The Kier molecular flexibility index (Phi) is 8.46. The molecule has 6 heteroatoms. The van der Waals surface area contributed by atoms with Gasteiger partial charge in [-0.15, -0.1) is 0 Å². The van der Waals surface area contributed by atoms with Crippen molar-refractivity contribution in [2.45, 2.75) is 76.8 Å². The third-order valence-electron chi connectivity index (χ3n) is 7.34. The molecule has 2 fully saturated rings. The van der Waals surface area contributed by atoms with Crippen molar-refractivity contribution in [1.29, 1.82) is 0 Å².